The zero-order valence-electron chi connectivity index (χ0n) is 37.1. The quantitative estimate of drug-likeness (QED) is 0.0268. The average Bonchev–Trinajstić information content (AvgIpc) is 3.46. The van der Waals surface area contributed by atoms with E-state index in [2.05, 4.69) is 62.3 Å². The number of allylic oxidation sites excluding steroid dienone is 4. The third-order valence-electron chi connectivity index (χ3n) is 11.2. The van der Waals surface area contributed by atoms with E-state index >= 15 is 0 Å². The van der Waals surface area contributed by atoms with Crippen molar-refractivity contribution < 1.29 is 14.3 Å². The molecule has 0 aliphatic heterocycles. The van der Waals surface area contributed by atoms with E-state index in [9.17, 15) is 4.79 Å². The van der Waals surface area contributed by atoms with Crippen molar-refractivity contribution in [3.05, 3.63) is 36.1 Å². The molecule has 0 amide bonds. The van der Waals surface area contributed by atoms with Crippen molar-refractivity contribution in [2.24, 2.45) is 0 Å². The van der Waals surface area contributed by atoms with Crippen LogP contribution in [0.3, 0.4) is 0 Å². The highest BCUT2D eigenvalue weighted by molar-refractivity contribution is 5.69. The molecule has 0 heterocycles. The predicted octanol–water partition coefficient (Wildman–Crippen LogP) is 15.6. The molecule has 0 saturated heterocycles. The first-order valence-electron chi connectivity index (χ1n) is 24.2. The van der Waals surface area contributed by atoms with Gasteiger partial charge in [-0.15, -0.1) is 0 Å². The van der Waals surface area contributed by atoms with Gasteiger partial charge in [-0.25, -0.2) is 0 Å². The van der Waals surface area contributed by atoms with Crippen LogP contribution >= 0.6 is 0 Å². The monoisotopic (exact) mass is 766 g/mol. The molecule has 55 heavy (non-hydrogen) atoms. The van der Waals surface area contributed by atoms with Gasteiger partial charge in [0.2, 0.25) is 0 Å². The summed E-state index contributed by atoms with van der Waals surface area (Å²) in [5.41, 5.74) is 1.24. The maximum Gasteiger partial charge on any atom is 0.306 e. The normalized spacial score (nSPS) is 12.5. The van der Waals surface area contributed by atoms with Gasteiger partial charge in [0.05, 0.1) is 12.4 Å². The molecule has 318 valence electrons. The zero-order valence-corrected chi connectivity index (χ0v) is 37.1. The SMILES string of the molecule is C=C(CCCCCCCN(CCCCCCCC(=O)OC(CCCCCCCC)CCCCCCCC)CC1=CC=CCC#C1)OCCCCCCCCC. The molecule has 1 aliphatic carbocycles. The molecule has 1 aliphatic rings. The second-order valence-corrected chi connectivity index (χ2v) is 16.7. The van der Waals surface area contributed by atoms with Crippen LogP contribution in [-0.2, 0) is 14.3 Å². The van der Waals surface area contributed by atoms with E-state index in [4.69, 9.17) is 9.47 Å². The molecule has 0 saturated carbocycles. The summed E-state index contributed by atoms with van der Waals surface area (Å²) in [7, 11) is 0. The molecular formula is C51H91NO3. The largest absolute Gasteiger partial charge is 0.499 e. The van der Waals surface area contributed by atoms with Crippen molar-refractivity contribution in [2.45, 2.75) is 245 Å². The Hall–Kier alpha value is -1.99. The fourth-order valence-electron chi connectivity index (χ4n) is 7.60. The van der Waals surface area contributed by atoms with E-state index < -0.39 is 0 Å². The lowest BCUT2D eigenvalue weighted by Gasteiger charge is -2.22. The maximum absolute atomic E-state index is 12.8. The summed E-state index contributed by atoms with van der Waals surface area (Å²) in [5.74, 6) is 7.71. The Kier molecular flexibility index (Phi) is 37.3. The highest BCUT2D eigenvalue weighted by atomic mass is 16.5. The first-order chi connectivity index (χ1) is 27.1. The van der Waals surface area contributed by atoms with Gasteiger partial charge in [0.1, 0.15) is 6.10 Å². The molecule has 4 nitrogen and oxygen atoms in total. The average molecular weight is 766 g/mol. The number of hydrogen-bond donors (Lipinski definition) is 0. The lowest BCUT2D eigenvalue weighted by atomic mass is 10.0. The van der Waals surface area contributed by atoms with E-state index in [-0.39, 0.29) is 12.1 Å². The molecule has 0 unspecified atom stereocenters. The number of esters is 1. The summed E-state index contributed by atoms with van der Waals surface area (Å²) in [6.45, 7) is 15.0. The standard InChI is InChI=1S/C51H91NO3/c1-5-8-11-14-17-28-37-46-54-48(4)38-29-20-18-26-35-44-52(47-49-39-30-24-25-31-40-49)45-36-27-19-23-34-43-51(53)55-50(41-32-21-15-12-9-6-2)42-33-22-16-13-10-7-3/h24,30,39,50H,4-23,25-29,32-38,41-47H2,1-3H3. The van der Waals surface area contributed by atoms with Crippen LogP contribution in [0.5, 0.6) is 0 Å². The van der Waals surface area contributed by atoms with Crippen LogP contribution in [0.25, 0.3) is 0 Å². The fraction of sp³-hybridized carbons (Fsp3) is 0.824. The topological polar surface area (TPSA) is 38.8 Å². The molecular weight excluding hydrogens is 675 g/mol. The third kappa shape index (κ3) is 34.9. The van der Waals surface area contributed by atoms with Gasteiger partial charge in [-0.3, -0.25) is 9.69 Å². The molecule has 1 rings (SSSR count). The first-order valence-corrected chi connectivity index (χ1v) is 24.2. The van der Waals surface area contributed by atoms with Crippen molar-refractivity contribution >= 4 is 5.97 Å². The van der Waals surface area contributed by atoms with Crippen molar-refractivity contribution in [2.75, 3.05) is 26.2 Å². The predicted molar refractivity (Wildman–Crippen MR) is 240 cm³/mol. The summed E-state index contributed by atoms with van der Waals surface area (Å²) in [6.07, 6.45) is 47.9. The Morgan fingerprint density at radius 1 is 0.636 bits per heavy atom. The van der Waals surface area contributed by atoms with Gasteiger partial charge in [0.25, 0.3) is 0 Å². The molecule has 0 atom stereocenters. The Morgan fingerprint density at radius 3 is 1.67 bits per heavy atom. The van der Waals surface area contributed by atoms with Crippen LogP contribution in [0.4, 0.5) is 0 Å². The second-order valence-electron chi connectivity index (χ2n) is 16.7. The molecule has 0 aromatic heterocycles. The van der Waals surface area contributed by atoms with E-state index in [1.165, 1.54) is 173 Å². The second kappa shape index (κ2) is 40.2. The van der Waals surface area contributed by atoms with Crippen LogP contribution < -0.4 is 0 Å². The smallest absolute Gasteiger partial charge is 0.306 e. The van der Waals surface area contributed by atoms with Crippen LogP contribution in [0.1, 0.15) is 239 Å². The van der Waals surface area contributed by atoms with Crippen LogP contribution in [0.15, 0.2) is 36.1 Å². The number of carbonyl (C=O) groups is 1. The fourth-order valence-corrected chi connectivity index (χ4v) is 7.60. The molecule has 0 aromatic rings. The van der Waals surface area contributed by atoms with Crippen molar-refractivity contribution in [1.29, 1.82) is 0 Å². The highest BCUT2D eigenvalue weighted by Crippen LogP contribution is 2.19. The Bertz CT molecular complexity index is 987. The van der Waals surface area contributed by atoms with Gasteiger partial charge < -0.3 is 9.47 Å². The Balaban J connectivity index is 2.28. The molecule has 0 spiro atoms. The number of unbranched alkanes of at least 4 members (excludes halogenated alkanes) is 24. The molecule has 0 N–H and O–H groups in total. The Labute approximate surface area is 343 Å². The molecule has 0 fully saturated rings. The highest BCUT2D eigenvalue weighted by Gasteiger charge is 2.14. The molecule has 0 bridgehead atoms. The lowest BCUT2D eigenvalue weighted by Crippen LogP contribution is -2.28. The minimum absolute atomic E-state index is 0.0389. The van der Waals surface area contributed by atoms with Gasteiger partial charge in [-0.2, -0.15) is 0 Å². The van der Waals surface area contributed by atoms with E-state index in [1.807, 2.05) is 0 Å². The van der Waals surface area contributed by atoms with Gasteiger partial charge in [-0.1, -0.05) is 193 Å². The minimum Gasteiger partial charge on any atom is -0.499 e. The maximum atomic E-state index is 12.8. The summed E-state index contributed by atoms with van der Waals surface area (Å²) in [5, 5.41) is 0. The number of ether oxygens (including phenoxy) is 2. The molecule has 4 heteroatoms. The van der Waals surface area contributed by atoms with Gasteiger partial charge in [0, 0.05) is 31.4 Å². The van der Waals surface area contributed by atoms with Crippen molar-refractivity contribution in [3.8, 4) is 11.8 Å². The van der Waals surface area contributed by atoms with Gasteiger partial charge in [0.15, 0.2) is 0 Å². The zero-order chi connectivity index (χ0) is 39.7. The van der Waals surface area contributed by atoms with Gasteiger partial charge >= 0.3 is 5.97 Å². The summed E-state index contributed by atoms with van der Waals surface area (Å²) in [6, 6.07) is 0. The summed E-state index contributed by atoms with van der Waals surface area (Å²) in [4.78, 5) is 15.5. The number of nitrogens with zero attached hydrogens (tertiary/aromatic N) is 1. The lowest BCUT2D eigenvalue weighted by molar-refractivity contribution is -0.150. The van der Waals surface area contributed by atoms with Crippen LogP contribution in [0, 0.1) is 11.8 Å². The molecule has 0 aromatic carbocycles. The first kappa shape index (κ1) is 51.0. The van der Waals surface area contributed by atoms with E-state index in [0.717, 1.165) is 76.9 Å². The van der Waals surface area contributed by atoms with Crippen molar-refractivity contribution in [1.82, 2.24) is 4.90 Å². The van der Waals surface area contributed by atoms with Crippen LogP contribution in [0.2, 0.25) is 0 Å². The molecule has 0 radical (unpaired) electrons. The van der Waals surface area contributed by atoms with Gasteiger partial charge in [-0.05, 0) is 77.0 Å². The third-order valence-corrected chi connectivity index (χ3v) is 11.2. The number of hydrogen-bond acceptors (Lipinski definition) is 4. The minimum atomic E-state index is 0.0389. The van der Waals surface area contributed by atoms with E-state index in [1.54, 1.807) is 0 Å². The Morgan fingerprint density at radius 2 is 1.11 bits per heavy atom. The van der Waals surface area contributed by atoms with Crippen LogP contribution in [-0.4, -0.2) is 43.2 Å². The summed E-state index contributed by atoms with van der Waals surface area (Å²) >= 11 is 0. The summed E-state index contributed by atoms with van der Waals surface area (Å²) < 4.78 is 12.0. The number of rotatable bonds is 42. The number of carbonyl (C=O) groups excluding carboxylic acids is 1. The van der Waals surface area contributed by atoms with Crippen molar-refractivity contribution in [3.63, 3.8) is 0 Å². The van der Waals surface area contributed by atoms with E-state index in [0.29, 0.717) is 6.42 Å².